The number of carbonyl (C=O) groups excluding carboxylic acids is 1. The zero-order chi connectivity index (χ0) is 22.3. The molecule has 0 radical (unpaired) electrons. The molecule has 160 valence electrons. The Morgan fingerprint density at radius 2 is 1.68 bits per heavy atom. The van der Waals surface area contributed by atoms with Crippen LogP contribution in [0.3, 0.4) is 0 Å². The molecular weight excluding hydrogens is 418 g/mol. The Bertz CT molecular complexity index is 1190. The maximum atomic E-state index is 12.8. The highest BCUT2D eigenvalue weighted by Gasteiger charge is 2.18. The van der Waals surface area contributed by atoms with Crippen LogP contribution in [-0.4, -0.2) is 34.8 Å². The molecule has 0 saturated heterocycles. The molecule has 0 aliphatic rings. The van der Waals surface area contributed by atoms with Crippen LogP contribution in [0.1, 0.15) is 15.9 Å². The maximum absolute atomic E-state index is 12.8. The van der Waals surface area contributed by atoms with Gasteiger partial charge in [0.05, 0.1) is 31.0 Å². The van der Waals surface area contributed by atoms with Crippen LogP contribution in [0.15, 0.2) is 82.8 Å². The molecule has 8 nitrogen and oxygen atoms in total. The minimum atomic E-state index is -3.93. The van der Waals surface area contributed by atoms with Crippen molar-refractivity contribution in [2.45, 2.75) is 4.90 Å². The van der Waals surface area contributed by atoms with E-state index in [0.717, 1.165) is 5.56 Å². The molecule has 0 fully saturated rings. The monoisotopic (exact) mass is 439 g/mol. The molecule has 31 heavy (non-hydrogen) atoms. The van der Waals surface area contributed by atoms with Gasteiger partial charge in [0, 0.05) is 5.56 Å². The fraction of sp³-hybridized carbons (Fsp3) is 0.0909. The summed E-state index contributed by atoms with van der Waals surface area (Å²) in [6, 6.07) is 19.4. The quantitative estimate of drug-likeness (QED) is 0.414. The van der Waals surface area contributed by atoms with E-state index in [1.54, 1.807) is 55.6 Å². The Labute approximate surface area is 180 Å². The summed E-state index contributed by atoms with van der Waals surface area (Å²) in [5.41, 5.74) is 3.59. The van der Waals surface area contributed by atoms with E-state index in [1.807, 2.05) is 0 Å². The van der Waals surface area contributed by atoms with Crippen molar-refractivity contribution in [1.82, 2.24) is 5.43 Å². The molecular formula is C22H21N3O5S. The molecule has 3 aromatic rings. The highest BCUT2D eigenvalue weighted by atomic mass is 32.2. The van der Waals surface area contributed by atoms with Crippen LogP contribution in [0.2, 0.25) is 0 Å². The standard InChI is InChI=1S/C22H21N3O5S/c1-29-18-12-10-16(11-13-18)15-23-24-22(26)17-6-5-7-19(14-17)31(27,28)25-20-8-3-4-9-21(20)30-2/h3-15,25H,1-2H3,(H,24,26)/b23-15+. The molecule has 0 atom stereocenters. The van der Waals surface area contributed by atoms with Crippen LogP contribution in [0, 0.1) is 0 Å². The molecule has 3 aromatic carbocycles. The fourth-order valence-corrected chi connectivity index (χ4v) is 3.77. The molecule has 0 aliphatic carbocycles. The van der Waals surface area contributed by atoms with E-state index in [0.29, 0.717) is 17.2 Å². The number of para-hydroxylation sites is 2. The van der Waals surface area contributed by atoms with E-state index in [1.165, 1.54) is 37.6 Å². The Kier molecular flexibility index (Phi) is 6.88. The molecule has 3 rings (SSSR count). The number of hydrogen-bond donors (Lipinski definition) is 2. The van der Waals surface area contributed by atoms with Crippen molar-refractivity contribution in [1.29, 1.82) is 0 Å². The zero-order valence-corrected chi connectivity index (χ0v) is 17.7. The summed E-state index contributed by atoms with van der Waals surface area (Å²) in [7, 11) is -0.910. The Morgan fingerprint density at radius 3 is 2.39 bits per heavy atom. The number of hydrogen-bond acceptors (Lipinski definition) is 6. The third-order valence-electron chi connectivity index (χ3n) is 4.25. The molecule has 2 N–H and O–H groups in total. The van der Waals surface area contributed by atoms with Crippen LogP contribution in [0.5, 0.6) is 11.5 Å². The summed E-state index contributed by atoms with van der Waals surface area (Å²) in [4.78, 5) is 12.3. The van der Waals surface area contributed by atoms with Gasteiger partial charge in [-0.3, -0.25) is 9.52 Å². The number of ether oxygens (including phenoxy) is 2. The van der Waals surface area contributed by atoms with Gasteiger partial charge < -0.3 is 9.47 Å². The SMILES string of the molecule is COc1ccc(/C=N/NC(=O)c2cccc(S(=O)(=O)Nc3ccccc3OC)c2)cc1. The summed E-state index contributed by atoms with van der Waals surface area (Å²) in [6.07, 6.45) is 1.47. The number of anilines is 1. The van der Waals surface area contributed by atoms with Gasteiger partial charge in [-0.2, -0.15) is 5.10 Å². The third-order valence-corrected chi connectivity index (χ3v) is 5.62. The summed E-state index contributed by atoms with van der Waals surface area (Å²) in [5, 5.41) is 3.91. The smallest absolute Gasteiger partial charge is 0.271 e. The van der Waals surface area contributed by atoms with E-state index in [2.05, 4.69) is 15.2 Å². The number of hydrazone groups is 1. The fourth-order valence-electron chi connectivity index (χ4n) is 2.66. The Balaban J connectivity index is 1.72. The predicted octanol–water partition coefficient (Wildman–Crippen LogP) is 3.27. The molecule has 9 heteroatoms. The van der Waals surface area contributed by atoms with Gasteiger partial charge in [-0.05, 0) is 60.2 Å². The first-order valence-electron chi connectivity index (χ1n) is 9.16. The van der Waals surface area contributed by atoms with Crippen molar-refractivity contribution in [2.75, 3.05) is 18.9 Å². The molecule has 1 amide bonds. The molecule has 0 spiro atoms. The lowest BCUT2D eigenvalue weighted by Gasteiger charge is -2.12. The normalized spacial score (nSPS) is 11.2. The number of nitrogens with one attached hydrogen (secondary N) is 2. The summed E-state index contributed by atoms with van der Waals surface area (Å²) in [5.74, 6) is 0.549. The van der Waals surface area contributed by atoms with Crippen molar-refractivity contribution < 1.29 is 22.7 Å². The van der Waals surface area contributed by atoms with Gasteiger partial charge in [0.1, 0.15) is 11.5 Å². The second-order valence-electron chi connectivity index (χ2n) is 6.31. The van der Waals surface area contributed by atoms with E-state index >= 15 is 0 Å². The summed E-state index contributed by atoms with van der Waals surface area (Å²) >= 11 is 0. The lowest BCUT2D eigenvalue weighted by Crippen LogP contribution is -2.19. The Morgan fingerprint density at radius 1 is 0.935 bits per heavy atom. The van der Waals surface area contributed by atoms with E-state index < -0.39 is 15.9 Å². The van der Waals surface area contributed by atoms with Gasteiger partial charge in [0.15, 0.2) is 0 Å². The molecule has 0 saturated carbocycles. The van der Waals surface area contributed by atoms with E-state index in [-0.39, 0.29) is 10.5 Å². The second-order valence-corrected chi connectivity index (χ2v) is 7.99. The third kappa shape index (κ3) is 5.61. The van der Waals surface area contributed by atoms with Gasteiger partial charge >= 0.3 is 0 Å². The molecule has 0 aliphatic heterocycles. The first kappa shape index (κ1) is 21.8. The van der Waals surface area contributed by atoms with Crippen molar-refractivity contribution >= 4 is 27.8 Å². The number of sulfonamides is 1. The minimum Gasteiger partial charge on any atom is -0.497 e. The van der Waals surface area contributed by atoms with Crippen LogP contribution < -0.4 is 19.6 Å². The molecule has 0 aromatic heterocycles. The zero-order valence-electron chi connectivity index (χ0n) is 16.9. The van der Waals surface area contributed by atoms with Gasteiger partial charge in [-0.1, -0.05) is 18.2 Å². The topological polar surface area (TPSA) is 106 Å². The number of benzene rings is 3. The number of rotatable bonds is 8. The lowest BCUT2D eigenvalue weighted by atomic mass is 10.2. The van der Waals surface area contributed by atoms with Gasteiger partial charge in [0.25, 0.3) is 15.9 Å². The highest BCUT2D eigenvalue weighted by molar-refractivity contribution is 7.92. The first-order chi connectivity index (χ1) is 14.9. The average Bonchev–Trinajstić information content (AvgIpc) is 2.79. The Hall–Kier alpha value is -3.85. The first-order valence-corrected chi connectivity index (χ1v) is 10.6. The maximum Gasteiger partial charge on any atom is 0.271 e. The van der Waals surface area contributed by atoms with Crippen LogP contribution >= 0.6 is 0 Å². The average molecular weight is 439 g/mol. The van der Waals surface area contributed by atoms with Crippen molar-refractivity contribution in [3.63, 3.8) is 0 Å². The molecule has 0 heterocycles. The summed E-state index contributed by atoms with van der Waals surface area (Å²) < 4.78 is 38.2. The van der Waals surface area contributed by atoms with E-state index in [4.69, 9.17) is 9.47 Å². The summed E-state index contributed by atoms with van der Waals surface area (Å²) in [6.45, 7) is 0. The van der Waals surface area contributed by atoms with Gasteiger partial charge in [-0.15, -0.1) is 0 Å². The minimum absolute atomic E-state index is 0.0646. The van der Waals surface area contributed by atoms with Crippen LogP contribution in [0.25, 0.3) is 0 Å². The van der Waals surface area contributed by atoms with Crippen molar-refractivity contribution in [3.05, 3.63) is 83.9 Å². The molecule has 0 unspecified atom stereocenters. The van der Waals surface area contributed by atoms with Gasteiger partial charge in [0.2, 0.25) is 0 Å². The largest absolute Gasteiger partial charge is 0.497 e. The second kappa shape index (κ2) is 9.77. The van der Waals surface area contributed by atoms with Crippen molar-refractivity contribution in [3.8, 4) is 11.5 Å². The highest BCUT2D eigenvalue weighted by Crippen LogP contribution is 2.26. The van der Waals surface area contributed by atoms with Crippen molar-refractivity contribution in [2.24, 2.45) is 5.10 Å². The van der Waals surface area contributed by atoms with E-state index in [9.17, 15) is 13.2 Å². The predicted molar refractivity (Wildman–Crippen MR) is 118 cm³/mol. The number of methoxy groups -OCH3 is 2. The van der Waals surface area contributed by atoms with Crippen LogP contribution in [0.4, 0.5) is 5.69 Å². The number of amides is 1. The van der Waals surface area contributed by atoms with Gasteiger partial charge in [-0.25, -0.2) is 13.8 Å². The van der Waals surface area contributed by atoms with Crippen LogP contribution in [-0.2, 0) is 10.0 Å². The number of nitrogens with zero attached hydrogens (tertiary/aromatic N) is 1. The lowest BCUT2D eigenvalue weighted by molar-refractivity contribution is 0.0955. The number of carbonyl (C=O) groups is 1. The molecule has 0 bridgehead atoms.